The summed E-state index contributed by atoms with van der Waals surface area (Å²) in [5.41, 5.74) is 2.13. The maximum atomic E-state index is 13.4. The van der Waals surface area contributed by atoms with Crippen LogP contribution in [0.15, 0.2) is 36.5 Å². The zero-order valence-electron chi connectivity index (χ0n) is 17.5. The van der Waals surface area contributed by atoms with Crippen LogP contribution in [0.4, 0.5) is 10.1 Å². The Morgan fingerprint density at radius 2 is 2.06 bits per heavy atom. The van der Waals surface area contributed by atoms with Crippen LogP contribution in [-0.2, 0) is 22.1 Å². The number of thiophene rings is 1. The largest absolute Gasteiger partial charge is 0.325 e. The average Bonchev–Trinajstić information content (AvgIpc) is 3.32. The first-order chi connectivity index (χ1) is 15.0. The first-order valence-corrected chi connectivity index (χ1v) is 12.3. The number of anilines is 1. The monoisotopic (exact) mass is 497 g/mol. The maximum Gasteiger partial charge on any atom is 0.280 e. The summed E-state index contributed by atoms with van der Waals surface area (Å²) in [5, 5.41) is 6.84. The summed E-state index contributed by atoms with van der Waals surface area (Å²) in [5.74, 6) is -1.13. The highest BCUT2D eigenvalue weighted by atomic mass is 35.5. The van der Waals surface area contributed by atoms with Crippen LogP contribution in [0.2, 0.25) is 5.02 Å². The highest BCUT2D eigenvalue weighted by Gasteiger charge is 2.41. The molecule has 1 saturated heterocycles. The number of nitrogens with one attached hydrogen (secondary N) is 2. The van der Waals surface area contributed by atoms with E-state index in [1.165, 1.54) is 30.5 Å². The second-order valence-electron chi connectivity index (χ2n) is 7.57. The van der Waals surface area contributed by atoms with Crippen molar-refractivity contribution in [3.05, 3.63) is 57.9 Å². The fourth-order valence-electron chi connectivity index (χ4n) is 3.62. The molecule has 170 valence electrons. The third-order valence-corrected chi connectivity index (χ3v) is 8.42. The number of carbonyl (C=O) groups excluding carboxylic acids is 1. The van der Waals surface area contributed by atoms with Crippen molar-refractivity contribution in [3.8, 4) is 10.4 Å². The Morgan fingerprint density at radius 3 is 2.72 bits per heavy atom. The summed E-state index contributed by atoms with van der Waals surface area (Å²) in [4.78, 5) is 14.7. The molecule has 32 heavy (non-hydrogen) atoms. The lowest BCUT2D eigenvalue weighted by molar-refractivity contribution is -0.120. The molecule has 8 nitrogen and oxygen atoms in total. The van der Waals surface area contributed by atoms with Crippen LogP contribution in [0.25, 0.3) is 10.4 Å². The number of likely N-dealkylation sites (N-methyl/N-ethyl adjacent to an activating group) is 1. The second kappa shape index (κ2) is 8.56. The van der Waals surface area contributed by atoms with Gasteiger partial charge in [-0.05, 0) is 43.7 Å². The van der Waals surface area contributed by atoms with Gasteiger partial charge in [-0.25, -0.2) is 4.39 Å². The minimum atomic E-state index is -3.89. The molecule has 2 N–H and O–H groups in total. The van der Waals surface area contributed by atoms with Gasteiger partial charge in [-0.3, -0.25) is 9.48 Å². The van der Waals surface area contributed by atoms with Gasteiger partial charge >= 0.3 is 0 Å². The SMILES string of the molecule is Cc1nn(C)cc1-c1ccc([C@@H]2C[C@H](C(=O)Nc3ccc(F)c(Cl)c3)N(C)S(=O)(=O)N2)s1. The van der Waals surface area contributed by atoms with Gasteiger partial charge in [-0.1, -0.05) is 11.6 Å². The molecule has 1 aliphatic heterocycles. The number of hydrogen-bond donors (Lipinski definition) is 2. The van der Waals surface area contributed by atoms with E-state index < -0.39 is 34.0 Å². The van der Waals surface area contributed by atoms with E-state index in [4.69, 9.17) is 11.6 Å². The molecule has 2 atom stereocenters. The summed E-state index contributed by atoms with van der Waals surface area (Å²) in [6, 6.07) is 6.04. The molecule has 1 amide bonds. The van der Waals surface area contributed by atoms with Crippen molar-refractivity contribution in [1.82, 2.24) is 18.8 Å². The number of rotatable bonds is 4. The molecule has 1 aliphatic rings. The fraction of sp³-hybridized carbons (Fsp3) is 0.300. The zero-order valence-corrected chi connectivity index (χ0v) is 19.9. The van der Waals surface area contributed by atoms with Crippen molar-refractivity contribution >= 4 is 44.7 Å². The number of aryl methyl sites for hydroxylation is 2. The van der Waals surface area contributed by atoms with Crippen LogP contribution in [0, 0.1) is 12.7 Å². The van der Waals surface area contributed by atoms with E-state index in [0.717, 1.165) is 31.4 Å². The van der Waals surface area contributed by atoms with Crippen LogP contribution < -0.4 is 10.0 Å². The molecule has 0 unspecified atom stereocenters. The third kappa shape index (κ3) is 4.44. The maximum absolute atomic E-state index is 13.4. The van der Waals surface area contributed by atoms with Crippen LogP contribution in [-0.4, -0.2) is 41.5 Å². The smallest absolute Gasteiger partial charge is 0.280 e. The topological polar surface area (TPSA) is 96.3 Å². The van der Waals surface area contributed by atoms with E-state index in [1.54, 1.807) is 4.68 Å². The second-order valence-corrected chi connectivity index (χ2v) is 10.8. The van der Waals surface area contributed by atoms with Crippen LogP contribution >= 0.6 is 22.9 Å². The highest BCUT2D eigenvalue weighted by Crippen LogP contribution is 2.37. The minimum Gasteiger partial charge on any atom is -0.325 e. The molecule has 4 rings (SSSR count). The lowest BCUT2D eigenvalue weighted by Gasteiger charge is -2.35. The normalized spacial score (nSPS) is 20.9. The van der Waals surface area contributed by atoms with Crippen LogP contribution in [0.3, 0.4) is 0 Å². The van der Waals surface area contributed by atoms with E-state index >= 15 is 0 Å². The van der Waals surface area contributed by atoms with Gasteiger partial charge in [-0.15, -0.1) is 11.3 Å². The van der Waals surface area contributed by atoms with Crippen molar-refractivity contribution < 1.29 is 17.6 Å². The first kappa shape index (κ1) is 22.9. The molecule has 12 heteroatoms. The molecular formula is C20H21ClFN5O3S2. The minimum absolute atomic E-state index is 0.135. The van der Waals surface area contributed by atoms with Crippen LogP contribution in [0.1, 0.15) is 23.0 Å². The van der Waals surface area contributed by atoms with Gasteiger partial charge in [0, 0.05) is 41.3 Å². The Labute approximate surface area is 194 Å². The number of aromatic nitrogens is 2. The molecule has 0 bridgehead atoms. The first-order valence-electron chi connectivity index (χ1n) is 9.66. The average molecular weight is 498 g/mol. The fourth-order valence-corrected chi connectivity index (χ4v) is 6.28. The van der Waals surface area contributed by atoms with E-state index in [-0.39, 0.29) is 17.1 Å². The number of nitrogens with zero attached hydrogens (tertiary/aromatic N) is 3. The summed E-state index contributed by atoms with van der Waals surface area (Å²) >= 11 is 7.23. The Hall–Kier alpha value is -2.31. The predicted molar refractivity (Wildman–Crippen MR) is 122 cm³/mol. The van der Waals surface area contributed by atoms with E-state index in [1.807, 2.05) is 32.3 Å². The molecule has 3 heterocycles. The Morgan fingerprint density at radius 1 is 1.31 bits per heavy atom. The van der Waals surface area contributed by atoms with E-state index in [9.17, 15) is 17.6 Å². The quantitative estimate of drug-likeness (QED) is 0.577. The Bertz CT molecular complexity index is 1290. The van der Waals surface area contributed by atoms with Crippen molar-refractivity contribution in [3.63, 3.8) is 0 Å². The lowest BCUT2D eigenvalue weighted by atomic mass is 10.1. The van der Waals surface area contributed by atoms with E-state index in [2.05, 4.69) is 15.1 Å². The van der Waals surface area contributed by atoms with Crippen molar-refractivity contribution in [2.75, 3.05) is 12.4 Å². The van der Waals surface area contributed by atoms with Gasteiger partial charge in [-0.2, -0.15) is 22.5 Å². The Kier molecular flexibility index (Phi) is 6.12. The van der Waals surface area contributed by atoms with Gasteiger partial charge < -0.3 is 5.32 Å². The number of halogens is 2. The summed E-state index contributed by atoms with van der Waals surface area (Å²) in [6.07, 6.45) is 2.14. The molecule has 0 radical (unpaired) electrons. The summed E-state index contributed by atoms with van der Waals surface area (Å²) < 4.78 is 44.2. The third-order valence-electron chi connectivity index (χ3n) is 5.31. The molecular weight excluding hydrogens is 477 g/mol. The standard InChI is InChI=1S/C20H21ClFN5O3S2/c1-11-13(10-26(2)24-11)18-6-7-19(31-18)16-9-17(27(3)32(29,30)25-16)20(28)23-12-4-5-15(22)14(21)8-12/h4-8,10,16-17,25H,9H2,1-3H3,(H,23,28)/t16-,17+/m0/s1. The van der Waals surface area contributed by atoms with Gasteiger partial charge in [0.2, 0.25) is 5.91 Å². The molecule has 0 aliphatic carbocycles. The van der Waals surface area contributed by atoms with Crippen LogP contribution in [0.5, 0.6) is 0 Å². The van der Waals surface area contributed by atoms with Crippen molar-refractivity contribution in [2.45, 2.75) is 25.4 Å². The number of amides is 1. The summed E-state index contributed by atoms with van der Waals surface area (Å²) in [7, 11) is -0.705. The lowest BCUT2D eigenvalue weighted by Crippen LogP contribution is -2.55. The van der Waals surface area contributed by atoms with Crippen molar-refractivity contribution in [2.24, 2.45) is 7.05 Å². The predicted octanol–water partition coefficient (Wildman–Crippen LogP) is 3.47. The van der Waals surface area contributed by atoms with Gasteiger partial charge in [0.1, 0.15) is 11.9 Å². The molecule has 2 aromatic heterocycles. The molecule has 1 aromatic carbocycles. The number of benzene rings is 1. The number of carbonyl (C=O) groups is 1. The van der Waals surface area contributed by atoms with Crippen molar-refractivity contribution in [1.29, 1.82) is 0 Å². The molecule has 3 aromatic rings. The molecule has 1 fully saturated rings. The van der Waals surface area contributed by atoms with E-state index in [0.29, 0.717) is 0 Å². The van der Waals surface area contributed by atoms with Gasteiger partial charge in [0.05, 0.1) is 16.8 Å². The molecule has 0 spiro atoms. The summed E-state index contributed by atoms with van der Waals surface area (Å²) in [6.45, 7) is 1.91. The van der Waals surface area contributed by atoms with Gasteiger partial charge in [0.25, 0.3) is 10.2 Å². The number of hydrogen-bond acceptors (Lipinski definition) is 5. The molecule has 0 saturated carbocycles. The Balaban J connectivity index is 1.58. The van der Waals surface area contributed by atoms with Gasteiger partial charge in [0.15, 0.2) is 0 Å². The highest BCUT2D eigenvalue weighted by molar-refractivity contribution is 7.87. The zero-order chi connectivity index (χ0) is 23.2.